The normalized spacial score (nSPS) is 17.9. The van der Waals surface area contributed by atoms with Crippen LogP contribution in [0.5, 0.6) is 0 Å². The molecule has 258 valence electrons. The number of rotatable bonds is 12. The minimum absolute atomic E-state index is 0.0327. The molecule has 0 spiro atoms. The van der Waals surface area contributed by atoms with Crippen LogP contribution in [0, 0.1) is 29.0 Å². The maximum Gasteiger partial charge on any atom is 0.330 e. The number of likely N-dealkylation sites (N-methyl/N-ethyl adjacent to an activating group) is 1. The Hall–Kier alpha value is -4.28. The highest BCUT2D eigenvalue weighted by Gasteiger charge is 2.44. The number of benzene rings is 2. The number of nitrogens with zero attached hydrogens (tertiary/aromatic N) is 3. The zero-order valence-electron chi connectivity index (χ0n) is 27.4. The number of ketones is 1. The molecule has 2 fully saturated rings. The fraction of sp³-hybridized carbons (Fsp3) is 0.514. The van der Waals surface area contributed by atoms with Crippen LogP contribution in [0.15, 0.2) is 42.5 Å². The van der Waals surface area contributed by atoms with Crippen molar-refractivity contribution in [1.82, 2.24) is 15.1 Å². The average Bonchev–Trinajstić information content (AvgIpc) is 3.10. The SMILES string of the molecule is CCC(=O)N[C@@H](C(=O)N1CCN(C)CC1)[C@@H](C)c1ccc(NC(=O)[C@@H](CC(=O)C(F)(F)c2cccc(C#N)c2)C2CCOCC2)c(F)c1. The number of hydrogen-bond donors (Lipinski definition) is 2. The van der Waals surface area contributed by atoms with Crippen LogP contribution in [-0.4, -0.2) is 85.8 Å². The number of Topliss-reactive ketones (excluding diaryl/α,β-unsaturated/α-hetero) is 1. The molecule has 2 heterocycles. The van der Waals surface area contributed by atoms with Crippen molar-refractivity contribution in [3.63, 3.8) is 0 Å². The number of ether oxygens (including phenoxy) is 1. The molecule has 0 unspecified atom stereocenters. The summed E-state index contributed by atoms with van der Waals surface area (Å²) >= 11 is 0. The van der Waals surface area contributed by atoms with Crippen LogP contribution in [0.2, 0.25) is 0 Å². The second-order valence-corrected chi connectivity index (χ2v) is 12.5. The Labute approximate surface area is 278 Å². The van der Waals surface area contributed by atoms with Gasteiger partial charge < -0.3 is 25.2 Å². The minimum Gasteiger partial charge on any atom is -0.381 e. The third kappa shape index (κ3) is 8.79. The van der Waals surface area contributed by atoms with Gasteiger partial charge >= 0.3 is 5.92 Å². The van der Waals surface area contributed by atoms with Crippen LogP contribution in [-0.2, 0) is 29.8 Å². The van der Waals surface area contributed by atoms with E-state index in [2.05, 4.69) is 15.5 Å². The summed E-state index contributed by atoms with van der Waals surface area (Å²) < 4.78 is 51.5. The first kappa shape index (κ1) is 36.6. The molecule has 2 aromatic carbocycles. The first-order valence-electron chi connectivity index (χ1n) is 16.2. The van der Waals surface area contributed by atoms with Crippen molar-refractivity contribution in [2.45, 2.75) is 57.4 Å². The molecule has 2 aliphatic rings. The van der Waals surface area contributed by atoms with Gasteiger partial charge in [-0.25, -0.2) is 4.39 Å². The lowest BCUT2D eigenvalue weighted by Gasteiger charge is -2.36. The van der Waals surface area contributed by atoms with E-state index in [1.54, 1.807) is 24.8 Å². The van der Waals surface area contributed by atoms with Gasteiger partial charge in [-0.15, -0.1) is 0 Å². The molecule has 2 aliphatic heterocycles. The number of anilines is 1. The van der Waals surface area contributed by atoms with Gasteiger partial charge in [0.05, 0.1) is 17.3 Å². The van der Waals surface area contributed by atoms with Gasteiger partial charge in [0, 0.05) is 69.6 Å². The fourth-order valence-electron chi connectivity index (χ4n) is 6.10. The zero-order valence-corrected chi connectivity index (χ0v) is 27.4. The van der Waals surface area contributed by atoms with Crippen molar-refractivity contribution >= 4 is 29.2 Å². The molecule has 4 rings (SSSR count). The number of hydrogen-bond acceptors (Lipinski definition) is 7. The number of carbonyl (C=O) groups excluding carboxylic acids is 4. The molecule has 2 aromatic rings. The molecule has 48 heavy (non-hydrogen) atoms. The average molecular weight is 670 g/mol. The predicted molar refractivity (Wildman–Crippen MR) is 171 cm³/mol. The van der Waals surface area contributed by atoms with Crippen molar-refractivity contribution in [2.75, 3.05) is 51.8 Å². The second-order valence-electron chi connectivity index (χ2n) is 12.5. The topological polar surface area (TPSA) is 132 Å². The van der Waals surface area contributed by atoms with Crippen molar-refractivity contribution in [2.24, 2.45) is 11.8 Å². The van der Waals surface area contributed by atoms with Gasteiger partial charge in [0.2, 0.25) is 23.5 Å². The molecular formula is C35H42F3N5O5. The summed E-state index contributed by atoms with van der Waals surface area (Å²) in [6.45, 7) is 6.31. The number of nitrogens with one attached hydrogen (secondary N) is 2. The number of nitriles is 1. The first-order chi connectivity index (χ1) is 22.8. The van der Waals surface area contributed by atoms with Crippen LogP contribution < -0.4 is 10.6 Å². The van der Waals surface area contributed by atoms with Crippen LogP contribution in [0.25, 0.3) is 0 Å². The first-order valence-corrected chi connectivity index (χ1v) is 16.2. The maximum absolute atomic E-state index is 15.6. The minimum atomic E-state index is -3.95. The molecule has 0 radical (unpaired) electrons. The van der Waals surface area contributed by atoms with Crippen molar-refractivity contribution in [3.05, 3.63) is 65.0 Å². The number of halogens is 3. The van der Waals surface area contributed by atoms with Crippen molar-refractivity contribution in [3.8, 4) is 6.07 Å². The highest BCUT2D eigenvalue weighted by Crippen LogP contribution is 2.36. The maximum atomic E-state index is 15.6. The van der Waals surface area contributed by atoms with Gasteiger partial charge in [0.25, 0.3) is 0 Å². The van der Waals surface area contributed by atoms with Crippen LogP contribution in [0.3, 0.4) is 0 Å². The summed E-state index contributed by atoms with van der Waals surface area (Å²) in [5.74, 6) is -9.92. The van der Waals surface area contributed by atoms with Gasteiger partial charge in [-0.3, -0.25) is 19.2 Å². The fourth-order valence-corrected chi connectivity index (χ4v) is 6.10. The molecular weight excluding hydrogens is 627 g/mol. The summed E-state index contributed by atoms with van der Waals surface area (Å²) in [5.41, 5.74) is -0.485. The Morgan fingerprint density at radius 3 is 2.38 bits per heavy atom. The number of alkyl halides is 2. The van der Waals surface area contributed by atoms with E-state index in [0.717, 1.165) is 12.1 Å². The van der Waals surface area contributed by atoms with Crippen LogP contribution in [0.1, 0.15) is 62.1 Å². The predicted octanol–water partition coefficient (Wildman–Crippen LogP) is 4.20. The standard InChI is InChI=1S/C35H42F3N5O5/c1-4-31(45)41-32(34(47)43-14-12-42(3)13-15-43)22(2)25-8-9-29(28(36)19-25)40-33(46)27(24-10-16-48-17-11-24)20-30(44)35(37,38)26-7-5-6-23(18-26)21-39/h5-9,18-19,22,24,27,32H,4,10-17,20H2,1-3H3,(H,40,46)(H,41,45)/t22-,27-,32+/m0/s1. The van der Waals surface area contributed by atoms with Gasteiger partial charge in [-0.1, -0.05) is 32.0 Å². The van der Waals surface area contributed by atoms with E-state index >= 15 is 13.2 Å². The van der Waals surface area contributed by atoms with E-state index in [-0.39, 0.29) is 42.7 Å². The molecule has 3 amide bonds. The second kappa shape index (κ2) is 16.2. The smallest absolute Gasteiger partial charge is 0.330 e. The summed E-state index contributed by atoms with van der Waals surface area (Å²) in [7, 11) is 1.96. The molecule has 10 nitrogen and oxygen atoms in total. The molecule has 2 N–H and O–H groups in total. The van der Waals surface area contributed by atoms with E-state index in [1.165, 1.54) is 30.3 Å². The van der Waals surface area contributed by atoms with E-state index in [0.29, 0.717) is 44.6 Å². The molecule has 2 saturated heterocycles. The van der Waals surface area contributed by atoms with Gasteiger partial charge in [-0.05, 0) is 55.6 Å². The van der Waals surface area contributed by atoms with E-state index in [1.807, 2.05) is 7.05 Å². The Morgan fingerprint density at radius 2 is 1.75 bits per heavy atom. The Balaban J connectivity index is 1.53. The molecule has 0 aromatic heterocycles. The van der Waals surface area contributed by atoms with E-state index in [9.17, 15) is 19.2 Å². The lowest BCUT2D eigenvalue weighted by Crippen LogP contribution is -2.55. The molecule has 3 atom stereocenters. The van der Waals surface area contributed by atoms with E-state index < -0.39 is 59.2 Å². The Kier molecular flexibility index (Phi) is 12.3. The summed E-state index contributed by atoms with van der Waals surface area (Å²) in [6.07, 6.45) is 0.0652. The molecule has 13 heteroatoms. The van der Waals surface area contributed by atoms with Gasteiger partial charge in [-0.2, -0.15) is 14.0 Å². The van der Waals surface area contributed by atoms with Gasteiger partial charge in [0.15, 0.2) is 0 Å². The third-order valence-corrected chi connectivity index (χ3v) is 9.28. The van der Waals surface area contributed by atoms with Crippen molar-refractivity contribution < 1.29 is 37.1 Å². The van der Waals surface area contributed by atoms with Crippen LogP contribution >= 0.6 is 0 Å². The molecule has 0 aliphatic carbocycles. The summed E-state index contributed by atoms with van der Waals surface area (Å²) in [6, 6.07) is 9.46. The highest BCUT2D eigenvalue weighted by molar-refractivity contribution is 5.97. The quantitative estimate of drug-likeness (QED) is 0.346. The Bertz CT molecular complexity index is 1530. The molecule has 0 bridgehead atoms. The van der Waals surface area contributed by atoms with Crippen LogP contribution in [0.4, 0.5) is 18.9 Å². The zero-order chi connectivity index (χ0) is 35.0. The highest BCUT2D eigenvalue weighted by atomic mass is 19.3. The molecule has 0 saturated carbocycles. The number of carbonyl (C=O) groups is 4. The van der Waals surface area contributed by atoms with Crippen molar-refractivity contribution in [1.29, 1.82) is 5.26 Å². The lowest BCUT2D eigenvalue weighted by molar-refractivity contribution is -0.148. The Morgan fingerprint density at radius 1 is 1.06 bits per heavy atom. The largest absolute Gasteiger partial charge is 0.381 e. The van der Waals surface area contributed by atoms with E-state index in [4.69, 9.17) is 10.00 Å². The third-order valence-electron chi connectivity index (χ3n) is 9.28. The number of piperazine rings is 1. The summed E-state index contributed by atoms with van der Waals surface area (Å²) in [5, 5.41) is 14.4. The van der Waals surface area contributed by atoms with Gasteiger partial charge in [0.1, 0.15) is 11.9 Å². The lowest BCUT2D eigenvalue weighted by atomic mass is 9.80. The monoisotopic (exact) mass is 669 g/mol. The summed E-state index contributed by atoms with van der Waals surface area (Å²) in [4.78, 5) is 56.3. The number of amides is 3.